The zero-order valence-corrected chi connectivity index (χ0v) is 11.6. The van der Waals surface area contributed by atoms with Crippen LogP contribution in [0.2, 0.25) is 0 Å². The topological polar surface area (TPSA) is 23.5 Å². The van der Waals surface area contributed by atoms with E-state index in [1.54, 1.807) is 0 Å². The van der Waals surface area contributed by atoms with Crippen LogP contribution in [0.1, 0.15) is 50.3 Å². The summed E-state index contributed by atoms with van der Waals surface area (Å²) >= 11 is 0. The lowest BCUT2D eigenvalue weighted by Gasteiger charge is -2.24. The summed E-state index contributed by atoms with van der Waals surface area (Å²) in [5.74, 6) is 0. The molecule has 1 N–H and O–H groups in total. The van der Waals surface area contributed by atoms with Crippen molar-refractivity contribution in [3.8, 4) is 0 Å². The first-order chi connectivity index (χ1) is 8.70. The van der Waals surface area contributed by atoms with Gasteiger partial charge < -0.3 is 5.11 Å². The third-order valence-electron chi connectivity index (χ3n) is 4.00. The molecule has 0 radical (unpaired) electrons. The zero-order valence-electron chi connectivity index (χ0n) is 11.6. The minimum absolute atomic E-state index is 0.346. The summed E-state index contributed by atoms with van der Waals surface area (Å²) < 4.78 is 0. The first-order valence-electron chi connectivity index (χ1n) is 7.21. The fourth-order valence-electron chi connectivity index (χ4n) is 2.79. The number of aryl methyl sites for hydroxylation is 1. The molecule has 2 unspecified atom stereocenters. The lowest BCUT2D eigenvalue weighted by molar-refractivity contribution is 0.110. The molecule has 18 heavy (non-hydrogen) atoms. The van der Waals surface area contributed by atoms with Gasteiger partial charge in [0.15, 0.2) is 0 Å². The Hall–Kier alpha value is -0.860. The number of aliphatic hydroxyl groups excluding tert-OH is 1. The van der Waals surface area contributed by atoms with Crippen molar-refractivity contribution in [3.63, 3.8) is 0 Å². The second-order valence-electron chi connectivity index (χ2n) is 5.49. The largest absolute Gasteiger partial charge is 0.387 e. The molecule has 0 bridgehead atoms. The van der Waals surface area contributed by atoms with Gasteiger partial charge in [-0.05, 0) is 43.9 Å². The summed E-state index contributed by atoms with van der Waals surface area (Å²) in [4.78, 5) is 2.39. The van der Waals surface area contributed by atoms with Crippen LogP contribution in [0.5, 0.6) is 0 Å². The molecule has 1 aliphatic heterocycles. The van der Waals surface area contributed by atoms with Gasteiger partial charge in [-0.3, -0.25) is 4.90 Å². The van der Waals surface area contributed by atoms with Crippen LogP contribution in [0.15, 0.2) is 24.3 Å². The van der Waals surface area contributed by atoms with E-state index in [-0.39, 0.29) is 6.10 Å². The van der Waals surface area contributed by atoms with Gasteiger partial charge in [0.1, 0.15) is 0 Å². The Bertz CT molecular complexity index is 360. The molecule has 1 aliphatic rings. The van der Waals surface area contributed by atoms with Crippen molar-refractivity contribution in [2.75, 3.05) is 13.1 Å². The smallest absolute Gasteiger partial charge is 0.0917 e. The van der Waals surface area contributed by atoms with Crippen LogP contribution < -0.4 is 0 Å². The van der Waals surface area contributed by atoms with Gasteiger partial charge in [0.05, 0.1) is 6.10 Å². The molecule has 2 heteroatoms. The van der Waals surface area contributed by atoms with Crippen molar-refractivity contribution in [3.05, 3.63) is 35.4 Å². The van der Waals surface area contributed by atoms with E-state index in [2.05, 4.69) is 43.0 Å². The number of rotatable bonds is 5. The lowest BCUT2D eigenvalue weighted by Crippen LogP contribution is -2.31. The molecule has 0 spiro atoms. The fourth-order valence-corrected chi connectivity index (χ4v) is 2.79. The minimum Gasteiger partial charge on any atom is -0.387 e. The van der Waals surface area contributed by atoms with Crippen molar-refractivity contribution in [1.29, 1.82) is 0 Å². The normalized spacial score (nSPS) is 22.3. The average Bonchev–Trinajstić information content (AvgIpc) is 2.76. The van der Waals surface area contributed by atoms with E-state index in [1.807, 2.05) is 0 Å². The Balaban J connectivity index is 1.93. The number of β-amino-alcohol motifs (C(OH)–C–C–N with tert-alkyl or cyclic N) is 1. The maximum Gasteiger partial charge on any atom is 0.0917 e. The summed E-state index contributed by atoms with van der Waals surface area (Å²) in [6.07, 6.45) is 4.49. The number of hydrogen-bond donors (Lipinski definition) is 1. The van der Waals surface area contributed by atoms with E-state index in [1.165, 1.54) is 24.8 Å². The zero-order chi connectivity index (χ0) is 13.0. The second-order valence-corrected chi connectivity index (χ2v) is 5.49. The highest BCUT2D eigenvalue weighted by atomic mass is 16.3. The predicted octanol–water partition coefficient (Wildman–Crippen LogP) is 3.16. The summed E-state index contributed by atoms with van der Waals surface area (Å²) in [6, 6.07) is 9.08. The number of hydrogen-bond acceptors (Lipinski definition) is 2. The van der Waals surface area contributed by atoms with E-state index in [0.29, 0.717) is 6.04 Å². The van der Waals surface area contributed by atoms with E-state index < -0.39 is 0 Å². The number of nitrogens with zero attached hydrogens (tertiary/aromatic N) is 1. The number of aliphatic hydroxyl groups is 1. The fraction of sp³-hybridized carbons (Fsp3) is 0.625. The molecule has 1 aromatic carbocycles. The molecule has 1 heterocycles. The second kappa shape index (κ2) is 6.35. The predicted molar refractivity (Wildman–Crippen MR) is 75.7 cm³/mol. The van der Waals surface area contributed by atoms with E-state index in [0.717, 1.165) is 25.1 Å². The van der Waals surface area contributed by atoms with Gasteiger partial charge in [0.25, 0.3) is 0 Å². The molecule has 0 aliphatic carbocycles. The molecule has 2 nitrogen and oxygen atoms in total. The van der Waals surface area contributed by atoms with Gasteiger partial charge >= 0.3 is 0 Å². The first-order valence-corrected chi connectivity index (χ1v) is 7.21. The SMILES string of the molecule is CCCc1ccc(C(O)CN2CCCC2C)cc1. The molecular formula is C16H25NO. The van der Waals surface area contributed by atoms with Crippen LogP contribution >= 0.6 is 0 Å². The Morgan fingerprint density at radius 2 is 2.06 bits per heavy atom. The summed E-state index contributed by atoms with van der Waals surface area (Å²) in [5.41, 5.74) is 2.41. The minimum atomic E-state index is -0.346. The van der Waals surface area contributed by atoms with Crippen LogP contribution in [-0.4, -0.2) is 29.1 Å². The van der Waals surface area contributed by atoms with Gasteiger partial charge in [0.2, 0.25) is 0 Å². The first kappa shape index (κ1) is 13.6. The Labute approximate surface area is 111 Å². The van der Waals surface area contributed by atoms with Crippen LogP contribution in [-0.2, 0) is 6.42 Å². The highest BCUT2D eigenvalue weighted by Gasteiger charge is 2.22. The molecule has 0 aromatic heterocycles. The van der Waals surface area contributed by atoms with Crippen LogP contribution in [0.3, 0.4) is 0 Å². The van der Waals surface area contributed by atoms with E-state index in [9.17, 15) is 5.11 Å². The van der Waals surface area contributed by atoms with Crippen LogP contribution in [0.25, 0.3) is 0 Å². The highest BCUT2D eigenvalue weighted by molar-refractivity contribution is 5.24. The van der Waals surface area contributed by atoms with Crippen LogP contribution in [0.4, 0.5) is 0 Å². The molecule has 1 fully saturated rings. The molecular weight excluding hydrogens is 222 g/mol. The molecule has 1 saturated heterocycles. The van der Waals surface area contributed by atoms with Gasteiger partial charge in [0, 0.05) is 12.6 Å². The van der Waals surface area contributed by atoms with Gasteiger partial charge in [-0.1, -0.05) is 37.6 Å². The van der Waals surface area contributed by atoms with Crippen molar-refractivity contribution in [2.45, 2.75) is 51.7 Å². The van der Waals surface area contributed by atoms with Crippen molar-refractivity contribution < 1.29 is 5.11 Å². The van der Waals surface area contributed by atoms with Gasteiger partial charge in [-0.15, -0.1) is 0 Å². The Kier molecular flexibility index (Phi) is 4.79. The average molecular weight is 247 g/mol. The van der Waals surface area contributed by atoms with E-state index in [4.69, 9.17) is 0 Å². The monoisotopic (exact) mass is 247 g/mol. The van der Waals surface area contributed by atoms with Crippen molar-refractivity contribution >= 4 is 0 Å². The maximum atomic E-state index is 10.3. The number of likely N-dealkylation sites (tertiary alicyclic amines) is 1. The molecule has 100 valence electrons. The standard InChI is InChI=1S/C16H25NO/c1-3-5-14-7-9-15(10-8-14)16(18)12-17-11-4-6-13(17)2/h7-10,13,16,18H,3-6,11-12H2,1-2H3. The quantitative estimate of drug-likeness (QED) is 0.864. The summed E-state index contributed by atoms with van der Waals surface area (Å²) in [6.45, 7) is 6.35. The Morgan fingerprint density at radius 3 is 2.61 bits per heavy atom. The third-order valence-corrected chi connectivity index (χ3v) is 4.00. The van der Waals surface area contributed by atoms with Crippen LogP contribution in [0, 0.1) is 0 Å². The van der Waals surface area contributed by atoms with Gasteiger partial charge in [-0.25, -0.2) is 0 Å². The maximum absolute atomic E-state index is 10.3. The molecule has 0 amide bonds. The molecule has 1 aromatic rings. The van der Waals surface area contributed by atoms with E-state index >= 15 is 0 Å². The molecule has 0 saturated carbocycles. The van der Waals surface area contributed by atoms with Gasteiger partial charge in [-0.2, -0.15) is 0 Å². The molecule has 2 rings (SSSR count). The van der Waals surface area contributed by atoms with Crippen molar-refractivity contribution in [1.82, 2.24) is 4.90 Å². The number of benzene rings is 1. The van der Waals surface area contributed by atoms with Crippen molar-refractivity contribution in [2.24, 2.45) is 0 Å². The molecule has 2 atom stereocenters. The third kappa shape index (κ3) is 3.33. The lowest BCUT2D eigenvalue weighted by atomic mass is 10.0. The summed E-state index contributed by atoms with van der Waals surface area (Å²) in [7, 11) is 0. The summed E-state index contributed by atoms with van der Waals surface area (Å²) in [5, 5.41) is 10.3. The highest BCUT2D eigenvalue weighted by Crippen LogP contribution is 2.22. The Morgan fingerprint density at radius 1 is 1.33 bits per heavy atom.